The second kappa shape index (κ2) is 11.1. The molecule has 3 rings (SSSR count). The summed E-state index contributed by atoms with van der Waals surface area (Å²) < 4.78 is 0. The van der Waals surface area contributed by atoms with Crippen LogP contribution in [0.25, 0.3) is 0 Å². The number of nitrogens with zero attached hydrogens (tertiary/aromatic N) is 2. The molecule has 1 aliphatic heterocycles. The zero-order valence-corrected chi connectivity index (χ0v) is 16.9. The Kier molecular flexibility index (Phi) is 8.78. The van der Waals surface area contributed by atoms with Gasteiger partial charge in [-0.3, -0.25) is 9.59 Å². The van der Waals surface area contributed by atoms with Gasteiger partial charge >= 0.3 is 5.97 Å². The Bertz CT molecular complexity index is 618. The van der Waals surface area contributed by atoms with Crippen molar-refractivity contribution in [1.29, 1.82) is 0 Å². The first kappa shape index (κ1) is 21.4. The molecule has 1 unspecified atom stereocenters. The fourth-order valence-corrected chi connectivity index (χ4v) is 4.13. The first-order chi connectivity index (χ1) is 13.0. The molecule has 1 saturated carbocycles. The maximum atomic E-state index is 11.0. The van der Waals surface area contributed by atoms with Gasteiger partial charge in [0.25, 0.3) is 11.8 Å². The number of amides is 2. The molecule has 2 amide bonds. The highest BCUT2D eigenvalue weighted by atomic mass is 32.2. The number of hydrogen-bond acceptors (Lipinski definition) is 6. The number of imide groups is 1. The fourth-order valence-electron chi connectivity index (χ4n) is 2.72. The lowest BCUT2D eigenvalue weighted by atomic mass is 10.2. The van der Waals surface area contributed by atoms with E-state index in [4.69, 9.17) is 0 Å². The highest BCUT2D eigenvalue weighted by molar-refractivity contribution is 7.99. The van der Waals surface area contributed by atoms with Gasteiger partial charge in [0.2, 0.25) is 0 Å². The van der Waals surface area contributed by atoms with Gasteiger partial charge in [0.1, 0.15) is 0 Å². The van der Waals surface area contributed by atoms with Gasteiger partial charge in [-0.1, -0.05) is 26.3 Å². The summed E-state index contributed by atoms with van der Waals surface area (Å²) in [5.74, 6) is -0.433. The van der Waals surface area contributed by atoms with Crippen LogP contribution in [0.2, 0.25) is 0 Å². The summed E-state index contributed by atoms with van der Waals surface area (Å²) in [6.07, 6.45) is 8.52. The highest BCUT2D eigenvalue weighted by Crippen LogP contribution is 2.43. The van der Waals surface area contributed by atoms with Crippen molar-refractivity contribution in [2.45, 2.75) is 75.5 Å². The van der Waals surface area contributed by atoms with Crippen LogP contribution in [0, 0.1) is 5.92 Å². The molecule has 1 aromatic rings. The van der Waals surface area contributed by atoms with E-state index < -0.39 is 17.8 Å². The molecule has 1 aliphatic carbocycles. The highest BCUT2D eigenvalue weighted by Gasteiger charge is 2.32. The van der Waals surface area contributed by atoms with Gasteiger partial charge < -0.3 is 4.84 Å². The minimum atomic E-state index is -0.536. The van der Waals surface area contributed by atoms with Gasteiger partial charge in [0, 0.05) is 30.7 Å². The molecule has 0 aromatic carbocycles. The van der Waals surface area contributed by atoms with E-state index in [0.717, 1.165) is 11.2 Å². The smallest absolute Gasteiger partial charge is 0.330 e. The number of thioether (sulfide) groups is 1. The van der Waals surface area contributed by atoms with Gasteiger partial charge in [-0.15, -0.1) is 16.8 Å². The summed E-state index contributed by atoms with van der Waals surface area (Å²) >= 11 is 1.97. The molecule has 7 heteroatoms. The second-order valence-corrected chi connectivity index (χ2v) is 8.01. The quantitative estimate of drug-likeness (QED) is 0.489. The van der Waals surface area contributed by atoms with Crippen molar-refractivity contribution < 1.29 is 19.2 Å². The summed E-state index contributed by atoms with van der Waals surface area (Å²) in [6.45, 7) is 4.09. The third kappa shape index (κ3) is 7.33. The zero-order valence-electron chi connectivity index (χ0n) is 16.1. The number of aromatic nitrogens is 1. The summed E-state index contributed by atoms with van der Waals surface area (Å²) in [6, 6.07) is 6.18. The number of hydrogen-bond donors (Lipinski definition) is 0. The SMILES string of the molecule is CCCC(=O)ON1C(=O)CCC1=O.CCCC(Sc1ccccn1)C1CC1. The third-order valence-corrected chi connectivity index (χ3v) is 5.69. The van der Waals surface area contributed by atoms with Gasteiger partial charge in [-0.2, -0.15) is 0 Å². The van der Waals surface area contributed by atoms with E-state index in [9.17, 15) is 14.4 Å². The molecule has 1 saturated heterocycles. The summed E-state index contributed by atoms with van der Waals surface area (Å²) in [7, 11) is 0. The molecule has 1 aromatic heterocycles. The van der Waals surface area contributed by atoms with Crippen molar-refractivity contribution in [1.82, 2.24) is 10.0 Å². The molecule has 27 heavy (non-hydrogen) atoms. The normalized spacial score (nSPS) is 17.3. The number of carbonyl (C=O) groups excluding carboxylic acids is 3. The van der Waals surface area contributed by atoms with Crippen LogP contribution in [0.15, 0.2) is 29.4 Å². The first-order valence-electron chi connectivity index (χ1n) is 9.69. The Morgan fingerprint density at radius 3 is 2.44 bits per heavy atom. The van der Waals surface area contributed by atoms with Gasteiger partial charge in [-0.25, -0.2) is 9.78 Å². The average molecular weight is 393 g/mol. The van der Waals surface area contributed by atoms with Crippen LogP contribution in [0.3, 0.4) is 0 Å². The van der Waals surface area contributed by atoms with Crippen LogP contribution in [0.4, 0.5) is 0 Å². The molecule has 0 spiro atoms. The lowest BCUT2D eigenvalue weighted by Gasteiger charge is -2.13. The predicted molar refractivity (Wildman–Crippen MR) is 104 cm³/mol. The van der Waals surface area contributed by atoms with Gasteiger partial charge in [0.05, 0.1) is 5.03 Å². The monoisotopic (exact) mass is 392 g/mol. The van der Waals surface area contributed by atoms with Crippen molar-refractivity contribution in [2.75, 3.05) is 0 Å². The molecule has 1 atom stereocenters. The van der Waals surface area contributed by atoms with Crippen LogP contribution in [-0.4, -0.2) is 33.1 Å². The van der Waals surface area contributed by atoms with E-state index in [-0.39, 0.29) is 19.3 Å². The van der Waals surface area contributed by atoms with Crippen LogP contribution in [0.1, 0.15) is 65.2 Å². The first-order valence-corrected chi connectivity index (χ1v) is 10.6. The topological polar surface area (TPSA) is 76.6 Å². The molecule has 0 bridgehead atoms. The van der Waals surface area contributed by atoms with Crippen molar-refractivity contribution >= 4 is 29.5 Å². The Hall–Kier alpha value is -1.89. The Morgan fingerprint density at radius 2 is 1.93 bits per heavy atom. The molecule has 2 aliphatic rings. The lowest BCUT2D eigenvalue weighted by Crippen LogP contribution is -2.31. The molecule has 2 heterocycles. The Balaban J connectivity index is 0.000000194. The van der Waals surface area contributed by atoms with E-state index in [0.29, 0.717) is 11.5 Å². The number of hydroxylamine groups is 2. The van der Waals surface area contributed by atoms with E-state index >= 15 is 0 Å². The molecule has 6 nitrogen and oxygen atoms in total. The van der Waals surface area contributed by atoms with E-state index in [2.05, 4.69) is 28.9 Å². The average Bonchev–Trinajstić information content (AvgIpc) is 3.46. The molecule has 2 fully saturated rings. The molecule has 148 valence electrons. The summed E-state index contributed by atoms with van der Waals surface area (Å²) in [5, 5.41) is 2.57. The van der Waals surface area contributed by atoms with Crippen LogP contribution < -0.4 is 0 Å². The van der Waals surface area contributed by atoms with Crippen LogP contribution in [-0.2, 0) is 19.2 Å². The van der Waals surface area contributed by atoms with Crippen LogP contribution >= 0.6 is 11.8 Å². The van der Waals surface area contributed by atoms with Crippen LogP contribution in [0.5, 0.6) is 0 Å². The minimum absolute atomic E-state index is 0.137. The number of carbonyl (C=O) groups is 3. The lowest BCUT2D eigenvalue weighted by molar-refractivity contribution is -0.197. The largest absolute Gasteiger partial charge is 0.333 e. The van der Waals surface area contributed by atoms with Gasteiger partial charge in [0.15, 0.2) is 0 Å². The zero-order chi connectivity index (χ0) is 19.6. The maximum absolute atomic E-state index is 11.0. The van der Waals surface area contributed by atoms with Crippen molar-refractivity contribution in [3.8, 4) is 0 Å². The van der Waals surface area contributed by atoms with Crippen molar-refractivity contribution in [3.63, 3.8) is 0 Å². The summed E-state index contributed by atoms with van der Waals surface area (Å²) in [5.41, 5.74) is 0. The Morgan fingerprint density at radius 1 is 1.22 bits per heavy atom. The van der Waals surface area contributed by atoms with Crippen molar-refractivity contribution in [2.24, 2.45) is 5.92 Å². The Labute approximate surface area is 165 Å². The van der Waals surface area contributed by atoms with Gasteiger partial charge in [-0.05, 0) is 43.7 Å². The van der Waals surface area contributed by atoms with E-state index in [1.165, 1.54) is 30.7 Å². The van der Waals surface area contributed by atoms with E-state index in [1.54, 1.807) is 0 Å². The molecular formula is C20H28N2O4S. The van der Waals surface area contributed by atoms with Crippen molar-refractivity contribution in [3.05, 3.63) is 24.4 Å². The molecule has 0 radical (unpaired) electrons. The van der Waals surface area contributed by atoms with E-state index in [1.807, 2.05) is 30.9 Å². The maximum Gasteiger partial charge on any atom is 0.333 e. The number of rotatable bonds is 8. The third-order valence-electron chi connectivity index (χ3n) is 4.28. The molecule has 0 N–H and O–H groups in total. The second-order valence-electron chi connectivity index (χ2n) is 6.75. The standard InChI is InChI=1S/C12H17NS.C8H11NO4/c1-2-5-11(10-7-8-10)14-12-6-3-4-9-13-12;1-2-3-8(12)13-9-6(10)4-5-7(9)11/h3-4,6,9-11H,2,5,7-8H2,1H3;2-5H2,1H3. The predicted octanol–water partition coefficient (Wildman–Crippen LogP) is 4.15. The molecular weight excluding hydrogens is 364 g/mol. The fraction of sp³-hybridized carbons (Fsp3) is 0.600. The summed E-state index contributed by atoms with van der Waals surface area (Å²) in [4.78, 5) is 41.8. The minimum Gasteiger partial charge on any atom is -0.330 e. The number of pyridine rings is 1.